The summed E-state index contributed by atoms with van der Waals surface area (Å²) in [6, 6.07) is 3.23. The predicted octanol–water partition coefficient (Wildman–Crippen LogP) is 1.93. The summed E-state index contributed by atoms with van der Waals surface area (Å²) in [4.78, 5) is 31.9. The van der Waals surface area contributed by atoms with Crippen LogP contribution in [0.15, 0.2) is 41.5 Å². The van der Waals surface area contributed by atoms with Gasteiger partial charge in [-0.1, -0.05) is 11.6 Å². The van der Waals surface area contributed by atoms with E-state index in [2.05, 4.69) is 4.98 Å². The highest BCUT2D eigenvalue weighted by molar-refractivity contribution is 6.30. The van der Waals surface area contributed by atoms with E-state index in [1.165, 1.54) is 24.9 Å². The Balaban J connectivity index is 1.62. The number of nitrogens with zero attached hydrogens (tertiary/aromatic N) is 3. The van der Waals surface area contributed by atoms with Crippen molar-refractivity contribution in [3.05, 3.63) is 53.2 Å². The largest absolute Gasteiger partial charge is 0.472 e. The van der Waals surface area contributed by atoms with E-state index in [9.17, 15) is 9.59 Å². The second-order valence-electron chi connectivity index (χ2n) is 4.99. The first-order valence-electron chi connectivity index (χ1n) is 6.86. The normalized spacial score (nSPS) is 15.0. The zero-order valence-electron chi connectivity index (χ0n) is 11.7. The zero-order chi connectivity index (χ0) is 15.5. The maximum atomic E-state index is 12.4. The van der Waals surface area contributed by atoms with E-state index >= 15 is 0 Å². The Bertz CT molecular complexity index is 679. The molecule has 0 atom stereocenters. The van der Waals surface area contributed by atoms with Crippen molar-refractivity contribution in [3.8, 4) is 0 Å². The minimum Gasteiger partial charge on any atom is -0.472 e. The first kappa shape index (κ1) is 14.6. The minimum absolute atomic E-state index is 0.0785. The van der Waals surface area contributed by atoms with Crippen molar-refractivity contribution in [3.63, 3.8) is 0 Å². The zero-order valence-corrected chi connectivity index (χ0v) is 12.5. The highest BCUT2D eigenvalue weighted by Gasteiger charge is 2.26. The lowest BCUT2D eigenvalue weighted by Gasteiger charge is -2.34. The van der Waals surface area contributed by atoms with Crippen molar-refractivity contribution < 1.29 is 14.0 Å². The molecular formula is C15H14ClN3O3. The summed E-state index contributed by atoms with van der Waals surface area (Å²) < 4.78 is 4.92. The first-order valence-corrected chi connectivity index (χ1v) is 7.24. The van der Waals surface area contributed by atoms with E-state index in [0.717, 1.165) is 0 Å². The molecule has 0 aliphatic carbocycles. The molecule has 7 heteroatoms. The molecule has 0 radical (unpaired) electrons. The molecule has 0 aromatic carbocycles. The highest BCUT2D eigenvalue weighted by Crippen LogP contribution is 2.14. The summed E-state index contributed by atoms with van der Waals surface area (Å²) in [5.41, 5.74) is 0.987. The van der Waals surface area contributed by atoms with Gasteiger partial charge < -0.3 is 14.2 Å². The van der Waals surface area contributed by atoms with Gasteiger partial charge >= 0.3 is 0 Å². The SMILES string of the molecule is O=C(c1ccoc1)N1CCN(C(=O)c2cncc(Cl)c2)CC1. The third kappa shape index (κ3) is 2.96. The molecule has 0 bridgehead atoms. The second-order valence-corrected chi connectivity index (χ2v) is 5.42. The Morgan fingerprint density at radius 2 is 1.68 bits per heavy atom. The Kier molecular flexibility index (Phi) is 4.11. The van der Waals surface area contributed by atoms with Gasteiger partial charge in [-0.05, 0) is 12.1 Å². The number of carbonyl (C=O) groups is 2. The molecule has 3 heterocycles. The molecule has 114 valence electrons. The van der Waals surface area contributed by atoms with Crippen LogP contribution in [0.4, 0.5) is 0 Å². The Labute approximate surface area is 132 Å². The smallest absolute Gasteiger partial charge is 0.257 e. The first-order chi connectivity index (χ1) is 10.6. The molecule has 2 aromatic rings. The van der Waals surface area contributed by atoms with Crippen LogP contribution in [0.2, 0.25) is 5.02 Å². The molecule has 3 rings (SSSR count). The molecule has 1 fully saturated rings. The number of rotatable bonds is 2. The lowest BCUT2D eigenvalue weighted by Crippen LogP contribution is -2.50. The highest BCUT2D eigenvalue weighted by atomic mass is 35.5. The van der Waals surface area contributed by atoms with Gasteiger partial charge in [-0.2, -0.15) is 0 Å². The lowest BCUT2D eigenvalue weighted by atomic mass is 10.2. The lowest BCUT2D eigenvalue weighted by molar-refractivity contribution is 0.0535. The molecule has 22 heavy (non-hydrogen) atoms. The molecule has 2 amide bonds. The van der Waals surface area contributed by atoms with E-state index in [4.69, 9.17) is 16.0 Å². The van der Waals surface area contributed by atoms with Crippen molar-refractivity contribution in [1.82, 2.24) is 14.8 Å². The molecule has 6 nitrogen and oxygen atoms in total. The maximum absolute atomic E-state index is 12.4. The number of hydrogen-bond donors (Lipinski definition) is 0. The molecule has 0 unspecified atom stereocenters. The number of amides is 2. The van der Waals surface area contributed by atoms with Gasteiger partial charge in [0, 0.05) is 38.6 Å². The fourth-order valence-electron chi connectivity index (χ4n) is 2.39. The summed E-state index contributed by atoms with van der Waals surface area (Å²) in [7, 11) is 0. The number of halogens is 1. The van der Waals surface area contributed by atoms with Crippen LogP contribution < -0.4 is 0 Å². The fourth-order valence-corrected chi connectivity index (χ4v) is 2.57. The van der Waals surface area contributed by atoms with Crippen molar-refractivity contribution in [2.24, 2.45) is 0 Å². The Morgan fingerprint density at radius 1 is 1.05 bits per heavy atom. The second kappa shape index (κ2) is 6.19. The third-order valence-corrected chi connectivity index (χ3v) is 3.78. The molecule has 0 saturated carbocycles. The minimum atomic E-state index is -0.120. The number of piperazine rings is 1. The Hall–Kier alpha value is -2.34. The van der Waals surface area contributed by atoms with Crippen molar-refractivity contribution in [1.29, 1.82) is 0 Å². The van der Waals surface area contributed by atoms with E-state index in [1.54, 1.807) is 21.9 Å². The van der Waals surface area contributed by atoms with Crippen molar-refractivity contribution in [2.45, 2.75) is 0 Å². The van der Waals surface area contributed by atoms with Crippen LogP contribution in [0, 0.1) is 0 Å². The maximum Gasteiger partial charge on any atom is 0.257 e. The number of aromatic nitrogens is 1. The van der Waals surface area contributed by atoms with Gasteiger partial charge in [-0.25, -0.2) is 0 Å². The van der Waals surface area contributed by atoms with E-state index in [0.29, 0.717) is 42.3 Å². The molecule has 0 N–H and O–H groups in total. The van der Waals surface area contributed by atoms with Crippen LogP contribution in [-0.2, 0) is 0 Å². The topological polar surface area (TPSA) is 66.7 Å². The van der Waals surface area contributed by atoms with Gasteiger partial charge in [0.2, 0.25) is 0 Å². The third-order valence-electron chi connectivity index (χ3n) is 3.57. The van der Waals surface area contributed by atoms with Crippen molar-refractivity contribution in [2.75, 3.05) is 26.2 Å². The standard InChI is InChI=1S/C15H14ClN3O3/c16-13-7-12(8-17-9-13)15(21)19-4-2-18(3-5-19)14(20)11-1-6-22-10-11/h1,6-10H,2-5H2. The van der Waals surface area contributed by atoms with E-state index in [-0.39, 0.29) is 11.8 Å². The Morgan fingerprint density at radius 3 is 2.23 bits per heavy atom. The monoisotopic (exact) mass is 319 g/mol. The van der Waals surface area contributed by atoms with Gasteiger partial charge in [-0.3, -0.25) is 14.6 Å². The van der Waals surface area contributed by atoms with Gasteiger partial charge in [0.05, 0.1) is 22.4 Å². The van der Waals surface area contributed by atoms with Crippen molar-refractivity contribution >= 4 is 23.4 Å². The van der Waals surface area contributed by atoms with Crippen LogP contribution in [0.25, 0.3) is 0 Å². The quantitative estimate of drug-likeness (QED) is 0.848. The van der Waals surface area contributed by atoms with E-state index in [1.807, 2.05) is 0 Å². The summed E-state index contributed by atoms with van der Waals surface area (Å²) in [5.74, 6) is -0.198. The summed E-state index contributed by atoms with van der Waals surface area (Å²) in [6.07, 6.45) is 5.88. The van der Waals surface area contributed by atoms with Crippen LogP contribution in [-0.4, -0.2) is 52.8 Å². The fraction of sp³-hybridized carbons (Fsp3) is 0.267. The average molecular weight is 320 g/mol. The number of furan rings is 1. The molecule has 0 spiro atoms. The molecular weight excluding hydrogens is 306 g/mol. The number of pyridine rings is 1. The number of hydrogen-bond acceptors (Lipinski definition) is 4. The predicted molar refractivity (Wildman–Crippen MR) is 79.8 cm³/mol. The van der Waals surface area contributed by atoms with Gasteiger partial charge in [-0.15, -0.1) is 0 Å². The summed E-state index contributed by atoms with van der Waals surface area (Å²) >= 11 is 5.85. The van der Waals surface area contributed by atoms with Crippen LogP contribution in [0.1, 0.15) is 20.7 Å². The van der Waals surface area contributed by atoms with E-state index < -0.39 is 0 Å². The van der Waals surface area contributed by atoms with Gasteiger partial charge in [0.1, 0.15) is 6.26 Å². The molecule has 1 aliphatic rings. The van der Waals surface area contributed by atoms with Crippen LogP contribution >= 0.6 is 11.6 Å². The summed E-state index contributed by atoms with van der Waals surface area (Å²) in [5, 5.41) is 0.430. The van der Waals surface area contributed by atoms with Gasteiger partial charge in [0.25, 0.3) is 11.8 Å². The average Bonchev–Trinajstić information content (AvgIpc) is 3.08. The van der Waals surface area contributed by atoms with Gasteiger partial charge in [0.15, 0.2) is 0 Å². The van der Waals surface area contributed by atoms with Crippen LogP contribution in [0.3, 0.4) is 0 Å². The molecule has 1 saturated heterocycles. The molecule has 2 aromatic heterocycles. The summed E-state index contributed by atoms with van der Waals surface area (Å²) in [6.45, 7) is 1.94. The number of carbonyl (C=O) groups excluding carboxylic acids is 2. The molecule has 1 aliphatic heterocycles. The van der Waals surface area contributed by atoms with Crippen LogP contribution in [0.5, 0.6) is 0 Å².